The maximum atomic E-state index is 9.41. The SMILES string of the molecule is CC.CNC1(CCOC)CCC(O)C1. The molecule has 14 heavy (non-hydrogen) atoms. The quantitative estimate of drug-likeness (QED) is 0.728. The van der Waals surface area contributed by atoms with Crippen molar-refractivity contribution in [3.8, 4) is 0 Å². The average molecular weight is 203 g/mol. The molecular formula is C11H25NO2. The van der Waals surface area contributed by atoms with Gasteiger partial charge < -0.3 is 15.2 Å². The first-order valence-corrected chi connectivity index (χ1v) is 5.58. The van der Waals surface area contributed by atoms with Crippen molar-refractivity contribution in [2.45, 2.75) is 51.2 Å². The summed E-state index contributed by atoms with van der Waals surface area (Å²) in [5.41, 5.74) is 0.134. The van der Waals surface area contributed by atoms with E-state index in [1.54, 1.807) is 7.11 Å². The number of rotatable bonds is 4. The van der Waals surface area contributed by atoms with E-state index in [4.69, 9.17) is 4.74 Å². The Morgan fingerprint density at radius 2 is 2.14 bits per heavy atom. The highest BCUT2D eigenvalue weighted by molar-refractivity contribution is 4.95. The van der Waals surface area contributed by atoms with Gasteiger partial charge in [0.25, 0.3) is 0 Å². The lowest BCUT2D eigenvalue weighted by Crippen LogP contribution is -2.41. The van der Waals surface area contributed by atoms with Gasteiger partial charge in [-0.1, -0.05) is 13.8 Å². The summed E-state index contributed by atoms with van der Waals surface area (Å²) in [5, 5.41) is 12.7. The normalized spacial score (nSPS) is 31.1. The smallest absolute Gasteiger partial charge is 0.0558 e. The van der Waals surface area contributed by atoms with Crippen LogP contribution in [0, 0.1) is 0 Å². The van der Waals surface area contributed by atoms with Crippen LogP contribution in [0.2, 0.25) is 0 Å². The predicted octanol–water partition coefficient (Wildman–Crippen LogP) is 1.55. The van der Waals surface area contributed by atoms with Gasteiger partial charge in [-0.25, -0.2) is 0 Å². The molecule has 2 N–H and O–H groups in total. The zero-order valence-electron chi connectivity index (χ0n) is 9.97. The second kappa shape index (κ2) is 7.21. The summed E-state index contributed by atoms with van der Waals surface area (Å²) in [6.07, 6.45) is 3.73. The van der Waals surface area contributed by atoms with E-state index >= 15 is 0 Å². The lowest BCUT2D eigenvalue weighted by molar-refractivity contribution is 0.138. The van der Waals surface area contributed by atoms with Gasteiger partial charge >= 0.3 is 0 Å². The van der Waals surface area contributed by atoms with Crippen LogP contribution in [0.1, 0.15) is 39.5 Å². The molecule has 0 aromatic carbocycles. The molecule has 0 saturated heterocycles. The van der Waals surface area contributed by atoms with Gasteiger partial charge in [-0.05, 0) is 32.7 Å². The van der Waals surface area contributed by atoms with Crippen molar-refractivity contribution in [2.75, 3.05) is 20.8 Å². The van der Waals surface area contributed by atoms with Crippen molar-refractivity contribution in [3.63, 3.8) is 0 Å². The van der Waals surface area contributed by atoms with Crippen LogP contribution in [0.25, 0.3) is 0 Å². The van der Waals surface area contributed by atoms with Gasteiger partial charge in [-0.15, -0.1) is 0 Å². The number of methoxy groups -OCH3 is 1. The van der Waals surface area contributed by atoms with E-state index in [2.05, 4.69) is 5.32 Å². The van der Waals surface area contributed by atoms with Crippen molar-refractivity contribution in [2.24, 2.45) is 0 Å². The van der Waals surface area contributed by atoms with Crippen molar-refractivity contribution < 1.29 is 9.84 Å². The minimum Gasteiger partial charge on any atom is -0.393 e. The molecule has 0 aliphatic heterocycles. The third-order valence-corrected chi connectivity index (χ3v) is 2.90. The lowest BCUT2D eigenvalue weighted by atomic mass is 9.94. The van der Waals surface area contributed by atoms with Crippen LogP contribution in [0.5, 0.6) is 0 Å². The highest BCUT2D eigenvalue weighted by Gasteiger charge is 2.36. The van der Waals surface area contributed by atoms with E-state index in [1.165, 1.54) is 0 Å². The van der Waals surface area contributed by atoms with Crippen LogP contribution in [-0.2, 0) is 4.74 Å². The van der Waals surface area contributed by atoms with E-state index in [1.807, 2.05) is 20.9 Å². The van der Waals surface area contributed by atoms with E-state index in [0.29, 0.717) is 0 Å². The van der Waals surface area contributed by atoms with Gasteiger partial charge in [-0.3, -0.25) is 0 Å². The highest BCUT2D eigenvalue weighted by Crippen LogP contribution is 2.32. The fourth-order valence-electron chi connectivity index (χ4n) is 1.97. The number of aliphatic hydroxyl groups is 1. The van der Waals surface area contributed by atoms with E-state index in [0.717, 1.165) is 32.3 Å². The molecule has 0 aromatic rings. The minimum absolute atomic E-state index is 0.116. The van der Waals surface area contributed by atoms with Crippen molar-refractivity contribution in [1.29, 1.82) is 0 Å². The monoisotopic (exact) mass is 203 g/mol. The molecule has 86 valence electrons. The molecule has 2 atom stereocenters. The Balaban J connectivity index is 0.000000791. The molecule has 0 bridgehead atoms. The van der Waals surface area contributed by atoms with Crippen LogP contribution in [0.4, 0.5) is 0 Å². The summed E-state index contributed by atoms with van der Waals surface area (Å²) in [6.45, 7) is 4.77. The number of nitrogens with one attached hydrogen (secondary N) is 1. The standard InChI is InChI=1S/C9H19NO2.C2H6/c1-10-9(5-6-12-2)4-3-8(11)7-9;1-2/h8,10-11H,3-7H2,1-2H3;1-2H3. The molecule has 0 spiro atoms. The van der Waals surface area contributed by atoms with Crippen LogP contribution < -0.4 is 5.32 Å². The molecule has 1 rings (SSSR count). The van der Waals surface area contributed by atoms with Crippen molar-refractivity contribution in [1.82, 2.24) is 5.32 Å². The molecular weight excluding hydrogens is 178 g/mol. The van der Waals surface area contributed by atoms with Crippen LogP contribution in [0.3, 0.4) is 0 Å². The van der Waals surface area contributed by atoms with Gasteiger partial charge in [0, 0.05) is 19.3 Å². The molecule has 3 nitrogen and oxygen atoms in total. The highest BCUT2D eigenvalue weighted by atomic mass is 16.5. The third kappa shape index (κ3) is 3.95. The minimum atomic E-state index is -0.116. The molecule has 0 heterocycles. The number of hydrogen-bond donors (Lipinski definition) is 2. The summed E-state index contributed by atoms with van der Waals surface area (Å²) in [5.74, 6) is 0. The third-order valence-electron chi connectivity index (χ3n) is 2.90. The average Bonchev–Trinajstić information content (AvgIpc) is 2.61. The Bertz CT molecular complexity index is 141. The molecule has 2 unspecified atom stereocenters. The predicted molar refractivity (Wildman–Crippen MR) is 59.5 cm³/mol. The lowest BCUT2D eigenvalue weighted by Gasteiger charge is -2.28. The fourth-order valence-corrected chi connectivity index (χ4v) is 1.97. The first-order valence-electron chi connectivity index (χ1n) is 5.58. The van der Waals surface area contributed by atoms with E-state index in [9.17, 15) is 5.11 Å². The molecule has 0 amide bonds. The van der Waals surface area contributed by atoms with Crippen LogP contribution in [-0.4, -0.2) is 37.5 Å². The topological polar surface area (TPSA) is 41.5 Å². The molecule has 1 aliphatic carbocycles. The van der Waals surface area contributed by atoms with Crippen LogP contribution >= 0.6 is 0 Å². The Kier molecular flexibility index (Phi) is 7.15. The van der Waals surface area contributed by atoms with E-state index in [-0.39, 0.29) is 11.6 Å². The van der Waals surface area contributed by atoms with Gasteiger partial charge in [0.05, 0.1) is 6.10 Å². The second-order valence-electron chi connectivity index (χ2n) is 3.67. The Morgan fingerprint density at radius 3 is 2.50 bits per heavy atom. The van der Waals surface area contributed by atoms with Crippen LogP contribution in [0.15, 0.2) is 0 Å². The number of ether oxygens (including phenoxy) is 1. The molecule has 1 aliphatic rings. The first-order chi connectivity index (χ1) is 6.72. The van der Waals surface area contributed by atoms with Gasteiger partial charge in [0.2, 0.25) is 0 Å². The zero-order chi connectivity index (χ0) is 11.0. The van der Waals surface area contributed by atoms with Crippen molar-refractivity contribution >= 4 is 0 Å². The summed E-state index contributed by atoms with van der Waals surface area (Å²) in [4.78, 5) is 0. The molecule has 1 fully saturated rings. The Hall–Kier alpha value is -0.120. The Morgan fingerprint density at radius 1 is 1.50 bits per heavy atom. The summed E-state index contributed by atoms with van der Waals surface area (Å²) >= 11 is 0. The van der Waals surface area contributed by atoms with E-state index < -0.39 is 0 Å². The summed E-state index contributed by atoms with van der Waals surface area (Å²) in [6, 6.07) is 0. The van der Waals surface area contributed by atoms with Gasteiger partial charge in [0.15, 0.2) is 0 Å². The molecule has 3 heteroatoms. The summed E-state index contributed by atoms with van der Waals surface area (Å²) < 4.78 is 5.04. The zero-order valence-corrected chi connectivity index (χ0v) is 9.97. The molecule has 1 saturated carbocycles. The second-order valence-corrected chi connectivity index (χ2v) is 3.67. The number of aliphatic hydroxyl groups excluding tert-OH is 1. The fraction of sp³-hybridized carbons (Fsp3) is 1.00. The maximum absolute atomic E-state index is 9.41. The Labute approximate surface area is 87.8 Å². The van der Waals surface area contributed by atoms with Crippen molar-refractivity contribution in [3.05, 3.63) is 0 Å². The first kappa shape index (κ1) is 13.9. The number of hydrogen-bond acceptors (Lipinski definition) is 3. The largest absolute Gasteiger partial charge is 0.393 e. The van der Waals surface area contributed by atoms with Gasteiger partial charge in [-0.2, -0.15) is 0 Å². The van der Waals surface area contributed by atoms with Gasteiger partial charge in [0.1, 0.15) is 0 Å². The summed E-state index contributed by atoms with van der Waals surface area (Å²) in [7, 11) is 3.68. The molecule has 0 radical (unpaired) electrons. The maximum Gasteiger partial charge on any atom is 0.0558 e. The molecule has 0 aromatic heterocycles.